The number of benzene rings is 1. The molecule has 4 rings (SSSR count). The van der Waals surface area contributed by atoms with Crippen molar-refractivity contribution in [1.82, 2.24) is 9.88 Å². The lowest BCUT2D eigenvalue weighted by molar-refractivity contribution is -0.141. The van der Waals surface area contributed by atoms with Crippen molar-refractivity contribution in [1.29, 1.82) is 0 Å². The highest BCUT2D eigenvalue weighted by Crippen LogP contribution is 2.41. The van der Waals surface area contributed by atoms with E-state index in [1.54, 1.807) is 6.07 Å². The minimum Gasteiger partial charge on any atom is -0.329 e. The van der Waals surface area contributed by atoms with E-state index in [1.807, 2.05) is 12.1 Å². The Morgan fingerprint density at radius 2 is 1.97 bits per heavy atom. The number of halogens is 5. The van der Waals surface area contributed by atoms with Crippen LogP contribution in [0.5, 0.6) is 0 Å². The first-order valence-corrected chi connectivity index (χ1v) is 10.7. The molecule has 1 aliphatic heterocycles. The molecule has 1 aliphatic carbocycles. The van der Waals surface area contributed by atoms with Crippen molar-refractivity contribution in [2.24, 2.45) is 5.73 Å². The Labute approximate surface area is 183 Å². The molecule has 0 bridgehead atoms. The first-order chi connectivity index (χ1) is 14.3. The molecule has 160 valence electrons. The van der Waals surface area contributed by atoms with Crippen molar-refractivity contribution in [3.05, 3.63) is 68.5 Å². The number of aryl methyl sites for hydroxylation is 1. The summed E-state index contributed by atoms with van der Waals surface area (Å²) in [7, 11) is 0. The maximum Gasteiger partial charge on any atom is 0.434 e. The number of nitrogens with two attached hydrogens (primary N) is 1. The van der Waals surface area contributed by atoms with Crippen LogP contribution >= 0.6 is 23.2 Å². The highest BCUT2D eigenvalue weighted by molar-refractivity contribution is 6.31. The molecule has 0 fully saturated rings. The van der Waals surface area contributed by atoms with Crippen molar-refractivity contribution in [2.75, 3.05) is 19.6 Å². The fourth-order valence-electron chi connectivity index (χ4n) is 4.56. The van der Waals surface area contributed by atoms with Crippen molar-refractivity contribution < 1.29 is 13.2 Å². The summed E-state index contributed by atoms with van der Waals surface area (Å²) < 4.78 is 39.1. The van der Waals surface area contributed by atoms with Gasteiger partial charge in [0.2, 0.25) is 0 Å². The predicted octanol–water partition coefficient (Wildman–Crippen LogP) is 5.38. The molecular weight excluding hydrogens is 434 g/mol. The van der Waals surface area contributed by atoms with Crippen LogP contribution in [-0.2, 0) is 19.0 Å². The zero-order valence-electron chi connectivity index (χ0n) is 16.3. The second-order valence-corrected chi connectivity index (χ2v) is 8.60. The molecular formula is C22H22Cl2F3N3. The molecule has 1 atom stereocenters. The van der Waals surface area contributed by atoms with Crippen LogP contribution in [0.4, 0.5) is 13.2 Å². The van der Waals surface area contributed by atoms with Gasteiger partial charge in [-0.2, -0.15) is 13.2 Å². The third-order valence-electron chi connectivity index (χ3n) is 5.93. The fraction of sp³-hybridized carbons (Fsp3) is 0.409. The third kappa shape index (κ3) is 4.24. The molecule has 3 nitrogen and oxygen atoms in total. The van der Waals surface area contributed by atoms with E-state index in [0.717, 1.165) is 31.0 Å². The van der Waals surface area contributed by atoms with Gasteiger partial charge in [0, 0.05) is 29.8 Å². The van der Waals surface area contributed by atoms with Gasteiger partial charge in [0.1, 0.15) is 0 Å². The lowest BCUT2D eigenvalue weighted by Gasteiger charge is -2.36. The van der Waals surface area contributed by atoms with Crippen molar-refractivity contribution in [3.8, 4) is 0 Å². The van der Waals surface area contributed by atoms with Gasteiger partial charge < -0.3 is 5.73 Å². The maximum absolute atomic E-state index is 13.0. The van der Waals surface area contributed by atoms with E-state index in [2.05, 4.69) is 16.0 Å². The first kappa shape index (κ1) is 21.6. The molecule has 0 amide bonds. The van der Waals surface area contributed by atoms with E-state index in [9.17, 15) is 13.2 Å². The van der Waals surface area contributed by atoms with Crippen LogP contribution in [0.2, 0.25) is 10.0 Å². The topological polar surface area (TPSA) is 42.1 Å². The van der Waals surface area contributed by atoms with Gasteiger partial charge in [0.15, 0.2) is 5.69 Å². The summed E-state index contributed by atoms with van der Waals surface area (Å²) in [6.45, 7) is 2.13. The number of hydrogen-bond donors (Lipinski definition) is 1. The lowest BCUT2D eigenvalue weighted by atomic mass is 9.92. The lowest BCUT2D eigenvalue weighted by Crippen LogP contribution is -2.45. The van der Waals surface area contributed by atoms with Gasteiger partial charge in [-0.15, -0.1) is 0 Å². The normalized spacial score (nSPS) is 19.2. The number of pyridine rings is 1. The summed E-state index contributed by atoms with van der Waals surface area (Å²) in [5, 5.41) is 0.369. The highest BCUT2D eigenvalue weighted by Gasteiger charge is 2.36. The quantitative estimate of drug-likeness (QED) is 0.657. The molecule has 1 aromatic heterocycles. The van der Waals surface area contributed by atoms with E-state index in [1.165, 1.54) is 28.3 Å². The zero-order valence-corrected chi connectivity index (χ0v) is 17.8. The van der Waals surface area contributed by atoms with Crippen LogP contribution in [-0.4, -0.2) is 35.6 Å². The highest BCUT2D eigenvalue weighted by atomic mass is 35.5. The average molecular weight is 456 g/mol. The molecule has 8 heteroatoms. The Bertz CT molecular complexity index is 988. The van der Waals surface area contributed by atoms with Crippen molar-refractivity contribution in [2.45, 2.75) is 37.9 Å². The molecule has 0 saturated heterocycles. The van der Waals surface area contributed by atoms with E-state index in [-0.39, 0.29) is 11.1 Å². The molecule has 2 N–H and O–H groups in total. The van der Waals surface area contributed by atoms with Crippen LogP contribution in [0.1, 0.15) is 35.4 Å². The Hall–Kier alpha value is -1.60. The van der Waals surface area contributed by atoms with Crippen molar-refractivity contribution in [3.63, 3.8) is 0 Å². The number of hydrogen-bond acceptors (Lipinski definition) is 3. The first-order valence-electron chi connectivity index (χ1n) is 9.95. The van der Waals surface area contributed by atoms with Crippen LogP contribution in [0.3, 0.4) is 0 Å². The van der Waals surface area contributed by atoms with E-state index in [0.29, 0.717) is 25.1 Å². The minimum absolute atomic E-state index is 0.142. The Morgan fingerprint density at radius 3 is 2.70 bits per heavy atom. The number of alkyl halides is 3. The summed E-state index contributed by atoms with van der Waals surface area (Å²) in [5.41, 5.74) is 10.7. The van der Waals surface area contributed by atoms with Gasteiger partial charge in [-0.1, -0.05) is 29.3 Å². The molecule has 2 heterocycles. The van der Waals surface area contributed by atoms with Gasteiger partial charge in [-0.05, 0) is 78.8 Å². The van der Waals surface area contributed by atoms with Gasteiger partial charge in [0.25, 0.3) is 0 Å². The second kappa shape index (κ2) is 8.50. The maximum atomic E-state index is 13.0. The van der Waals surface area contributed by atoms with Gasteiger partial charge in [-0.3, -0.25) is 4.90 Å². The largest absolute Gasteiger partial charge is 0.434 e. The number of aromatic nitrogens is 1. The summed E-state index contributed by atoms with van der Waals surface area (Å²) in [6.07, 6.45) is -1.59. The smallest absolute Gasteiger partial charge is 0.329 e. The van der Waals surface area contributed by atoms with E-state index < -0.39 is 11.9 Å². The third-order valence-corrected chi connectivity index (χ3v) is 6.47. The molecule has 1 aromatic carbocycles. The van der Waals surface area contributed by atoms with Gasteiger partial charge >= 0.3 is 6.18 Å². The molecule has 30 heavy (non-hydrogen) atoms. The summed E-state index contributed by atoms with van der Waals surface area (Å²) in [4.78, 5) is 6.07. The molecule has 2 aliphatic rings. The van der Waals surface area contributed by atoms with E-state index >= 15 is 0 Å². The van der Waals surface area contributed by atoms with Gasteiger partial charge in [0.05, 0.1) is 5.02 Å². The van der Waals surface area contributed by atoms with Crippen LogP contribution in [0.25, 0.3) is 5.57 Å². The second-order valence-electron chi connectivity index (χ2n) is 7.75. The molecule has 0 radical (unpaired) electrons. The molecule has 1 unspecified atom stereocenters. The summed E-state index contributed by atoms with van der Waals surface area (Å²) in [6, 6.07) is 9.01. The van der Waals surface area contributed by atoms with Crippen LogP contribution < -0.4 is 5.73 Å². The zero-order chi connectivity index (χ0) is 21.5. The summed E-state index contributed by atoms with van der Waals surface area (Å²) in [5.74, 6) is 0. The van der Waals surface area contributed by atoms with Crippen molar-refractivity contribution >= 4 is 28.8 Å². The van der Waals surface area contributed by atoms with Gasteiger partial charge in [-0.25, -0.2) is 4.98 Å². The van der Waals surface area contributed by atoms with Crippen LogP contribution in [0.15, 0.2) is 35.9 Å². The number of nitrogens with zero attached hydrogens (tertiary/aromatic N) is 2. The van der Waals surface area contributed by atoms with E-state index in [4.69, 9.17) is 28.9 Å². The summed E-state index contributed by atoms with van der Waals surface area (Å²) >= 11 is 11.8. The number of fused-ring (bicyclic) bond motifs is 2. The fourth-order valence-corrected chi connectivity index (χ4v) is 4.94. The molecule has 2 aromatic rings. The standard InChI is InChI=1S/C22H22Cl2F3N3/c23-14-4-3-13-10-18-16(17(13)11-14)7-9-30(20(18)12-28)8-1-2-15-5-6-19(24)21(29-15)22(25,26)27/h3-6,11,20H,1-2,7-10,12,28H2. The number of rotatable bonds is 5. The molecule has 0 spiro atoms. The predicted molar refractivity (Wildman–Crippen MR) is 114 cm³/mol. The Kier molecular flexibility index (Phi) is 6.13. The minimum atomic E-state index is -4.55. The van der Waals surface area contributed by atoms with Crippen LogP contribution in [0, 0.1) is 0 Å². The average Bonchev–Trinajstić information content (AvgIpc) is 3.06. The monoisotopic (exact) mass is 455 g/mol. The molecule has 0 saturated carbocycles. The Balaban J connectivity index is 1.43. The SMILES string of the molecule is NCC1C2=C(CCN1CCCc1ccc(Cl)c(C(F)(F)F)n1)c1cc(Cl)ccc1C2. The Morgan fingerprint density at radius 1 is 1.17 bits per heavy atom.